The summed E-state index contributed by atoms with van der Waals surface area (Å²) >= 11 is 0. The maximum atomic E-state index is 12.5. The molecule has 2 N–H and O–H groups in total. The Balaban J connectivity index is 1.29. The van der Waals surface area contributed by atoms with E-state index < -0.39 is 17.8 Å². The van der Waals surface area contributed by atoms with Crippen molar-refractivity contribution < 1.29 is 28.6 Å². The molecule has 3 aliphatic rings. The normalized spacial score (nSPS) is 19.2. The van der Waals surface area contributed by atoms with Crippen LogP contribution in [0.2, 0.25) is 0 Å². The lowest BCUT2D eigenvalue weighted by atomic mass is 10.0. The summed E-state index contributed by atoms with van der Waals surface area (Å²) < 4.78 is 17.0. The van der Waals surface area contributed by atoms with Crippen LogP contribution in [0.15, 0.2) is 18.2 Å². The van der Waals surface area contributed by atoms with Gasteiger partial charge in [-0.05, 0) is 32.9 Å². The molecule has 3 aliphatic heterocycles. The first-order valence-corrected chi connectivity index (χ1v) is 12.9. The van der Waals surface area contributed by atoms with E-state index in [0.29, 0.717) is 57.2 Å². The van der Waals surface area contributed by atoms with Crippen molar-refractivity contribution in [2.75, 3.05) is 55.7 Å². The summed E-state index contributed by atoms with van der Waals surface area (Å²) in [5.41, 5.74) is 2.97. The van der Waals surface area contributed by atoms with E-state index in [2.05, 4.69) is 20.4 Å². The van der Waals surface area contributed by atoms with Crippen LogP contribution in [0.4, 0.5) is 21.1 Å². The van der Waals surface area contributed by atoms with Crippen molar-refractivity contribution in [1.29, 1.82) is 0 Å². The van der Waals surface area contributed by atoms with E-state index in [4.69, 9.17) is 14.2 Å². The fraction of sp³-hybridized carbons (Fsp3) is 0.538. The summed E-state index contributed by atoms with van der Waals surface area (Å²) in [6, 6.07) is 5.62. The van der Waals surface area contributed by atoms with E-state index in [-0.39, 0.29) is 18.5 Å². The van der Waals surface area contributed by atoms with Crippen LogP contribution in [0.25, 0.3) is 11.3 Å². The van der Waals surface area contributed by atoms with Gasteiger partial charge in [0.1, 0.15) is 17.5 Å². The van der Waals surface area contributed by atoms with E-state index >= 15 is 0 Å². The fourth-order valence-electron chi connectivity index (χ4n) is 4.87. The van der Waals surface area contributed by atoms with Gasteiger partial charge in [0.2, 0.25) is 5.91 Å². The summed E-state index contributed by atoms with van der Waals surface area (Å²) in [6.45, 7) is 10.5. The standard InChI is InChI=1S/C26H34N6O6/c1-16(33)27-14-18-15-32(25(35)37-18)17-5-6-19-21(13-17)36-12-7-20-22(19)28-29-23(20)30-8-10-31(11-9-30)24(34)38-26(2,3)4/h5-6,13,18H,7-12,14-15H2,1-4H3,(H,27,33)(H,28,29). The number of H-pyrrole nitrogens is 1. The molecule has 1 atom stereocenters. The molecular weight excluding hydrogens is 492 g/mol. The third kappa shape index (κ3) is 5.34. The number of hydrogen-bond acceptors (Lipinski definition) is 8. The highest BCUT2D eigenvalue weighted by Crippen LogP contribution is 2.40. The van der Waals surface area contributed by atoms with Gasteiger partial charge in [0.15, 0.2) is 5.82 Å². The quantitative estimate of drug-likeness (QED) is 0.622. The average molecular weight is 527 g/mol. The van der Waals surface area contributed by atoms with E-state index in [1.54, 1.807) is 9.80 Å². The number of ether oxygens (including phenoxy) is 3. The molecule has 5 rings (SSSR count). The Labute approximate surface area is 221 Å². The highest BCUT2D eigenvalue weighted by molar-refractivity contribution is 5.91. The van der Waals surface area contributed by atoms with Crippen LogP contribution in [0, 0.1) is 0 Å². The van der Waals surface area contributed by atoms with Gasteiger partial charge in [-0.3, -0.25) is 14.8 Å². The highest BCUT2D eigenvalue weighted by atomic mass is 16.6. The van der Waals surface area contributed by atoms with Crippen molar-refractivity contribution in [3.8, 4) is 17.0 Å². The van der Waals surface area contributed by atoms with E-state index in [9.17, 15) is 14.4 Å². The van der Waals surface area contributed by atoms with Gasteiger partial charge in [-0.2, -0.15) is 5.10 Å². The van der Waals surface area contributed by atoms with Gasteiger partial charge in [0, 0.05) is 56.7 Å². The Morgan fingerprint density at radius 1 is 1.21 bits per heavy atom. The molecule has 2 saturated heterocycles. The van der Waals surface area contributed by atoms with Crippen LogP contribution in [-0.2, 0) is 20.7 Å². The van der Waals surface area contributed by atoms with E-state index in [1.807, 2.05) is 39.0 Å². The molecule has 204 valence electrons. The van der Waals surface area contributed by atoms with Crippen molar-refractivity contribution >= 4 is 29.6 Å². The van der Waals surface area contributed by atoms with Gasteiger partial charge in [-0.25, -0.2) is 9.59 Å². The number of fused-ring (bicyclic) bond motifs is 3. The lowest BCUT2D eigenvalue weighted by Crippen LogP contribution is -2.50. The zero-order valence-corrected chi connectivity index (χ0v) is 22.2. The number of carbonyl (C=O) groups excluding carboxylic acids is 3. The van der Waals surface area contributed by atoms with Gasteiger partial charge in [-0.1, -0.05) is 0 Å². The minimum atomic E-state index is -0.523. The fourth-order valence-corrected chi connectivity index (χ4v) is 4.87. The third-order valence-corrected chi connectivity index (χ3v) is 6.68. The maximum Gasteiger partial charge on any atom is 0.414 e. The number of nitrogens with zero attached hydrogens (tertiary/aromatic N) is 4. The summed E-state index contributed by atoms with van der Waals surface area (Å²) in [4.78, 5) is 41.6. The number of benzene rings is 1. The topological polar surface area (TPSA) is 129 Å². The third-order valence-electron chi connectivity index (χ3n) is 6.68. The molecular formula is C26H34N6O6. The Bertz CT molecular complexity index is 1230. The SMILES string of the molecule is CC(=O)NCC1CN(c2ccc3c(c2)OCCc2c(N4CCN(C(=O)OC(C)(C)C)CC4)n[nH]c2-3)C(=O)O1. The Kier molecular flexibility index (Phi) is 6.80. The summed E-state index contributed by atoms with van der Waals surface area (Å²) in [7, 11) is 0. The zero-order chi connectivity index (χ0) is 27.0. The number of aromatic amines is 1. The van der Waals surface area contributed by atoms with Gasteiger partial charge < -0.3 is 29.3 Å². The van der Waals surface area contributed by atoms with E-state index in [0.717, 1.165) is 22.6 Å². The molecule has 2 aromatic rings. The van der Waals surface area contributed by atoms with Crippen molar-refractivity contribution in [2.24, 2.45) is 0 Å². The lowest BCUT2D eigenvalue weighted by Gasteiger charge is -2.36. The Hall–Kier alpha value is -3.96. The monoisotopic (exact) mass is 526 g/mol. The molecule has 12 heteroatoms. The molecule has 4 heterocycles. The molecule has 0 aliphatic carbocycles. The number of carbonyl (C=O) groups is 3. The minimum absolute atomic E-state index is 0.169. The van der Waals surface area contributed by atoms with E-state index in [1.165, 1.54) is 6.92 Å². The second kappa shape index (κ2) is 10.1. The highest BCUT2D eigenvalue weighted by Gasteiger charge is 2.34. The van der Waals surface area contributed by atoms with Crippen molar-refractivity contribution in [3.63, 3.8) is 0 Å². The van der Waals surface area contributed by atoms with Gasteiger partial charge in [0.05, 0.1) is 31.1 Å². The molecule has 0 saturated carbocycles. The Morgan fingerprint density at radius 3 is 2.68 bits per heavy atom. The predicted octanol–water partition coefficient (Wildman–Crippen LogP) is 2.53. The lowest BCUT2D eigenvalue weighted by molar-refractivity contribution is -0.119. The van der Waals surface area contributed by atoms with Gasteiger partial charge in [-0.15, -0.1) is 0 Å². The van der Waals surface area contributed by atoms with Crippen LogP contribution in [0.1, 0.15) is 33.3 Å². The number of anilines is 2. The first-order chi connectivity index (χ1) is 18.1. The largest absolute Gasteiger partial charge is 0.492 e. The van der Waals surface area contributed by atoms with Crippen LogP contribution in [0.3, 0.4) is 0 Å². The molecule has 0 bridgehead atoms. The van der Waals surface area contributed by atoms with Crippen LogP contribution in [-0.4, -0.2) is 90.8 Å². The number of cyclic esters (lactones) is 1. The minimum Gasteiger partial charge on any atom is -0.492 e. The molecule has 38 heavy (non-hydrogen) atoms. The molecule has 0 spiro atoms. The molecule has 1 unspecified atom stereocenters. The van der Waals surface area contributed by atoms with Crippen LogP contribution >= 0.6 is 0 Å². The number of rotatable bonds is 4. The smallest absolute Gasteiger partial charge is 0.414 e. The average Bonchev–Trinajstić information content (AvgIpc) is 3.40. The molecule has 12 nitrogen and oxygen atoms in total. The van der Waals surface area contributed by atoms with Crippen molar-refractivity contribution in [1.82, 2.24) is 20.4 Å². The summed E-state index contributed by atoms with van der Waals surface area (Å²) in [5.74, 6) is 1.36. The number of nitrogens with one attached hydrogen (secondary N) is 2. The van der Waals surface area contributed by atoms with Gasteiger partial charge in [0.25, 0.3) is 0 Å². The first kappa shape index (κ1) is 25.7. The molecule has 2 fully saturated rings. The zero-order valence-electron chi connectivity index (χ0n) is 22.2. The number of piperazine rings is 1. The van der Waals surface area contributed by atoms with Crippen LogP contribution < -0.4 is 19.9 Å². The molecule has 3 amide bonds. The second-order valence-corrected chi connectivity index (χ2v) is 10.7. The van der Waals surface area contributed by atoms with Crippen molar-refractivity contribution in [2.45, 2.75) is 45.8 Å². The number of aromatic nitrogens is 2. The molecule has 0 radical (unpaired) electrons. The summed E-state index contributed by atoms with van der Waals surface area (Å²) in [6.07, 6.45) is -0.491. The second-order valence-electron chi connectivity index (χ2n) is 10.7. The maximum absolute atomic E-state index is 12.5. The molecule has 1 aromatic heterocycles. The predicted molar refractivity (Wildman–Crippen MR) is 140 cm³/mol. The number of hydrogen-bond donors (Lipinski definition) is 2. The van der Waals surface area contributed by atoms with Crippen molar-refractivity contribution in [3.05, 3.63) is 23.8 Å². The summed E-state index contributed by atoms with van der Waals surface area (Å²) in [5, 5.41) is 10.5. The first-order valence-electron chi connectivity index (χ1n) is 12.9. The Morgan fingerprint density at radius 2 is 1.97 bits per heavy atom. The molecule has 1 aromatic carbocycles. The number of amides is 3. The van der Waals surface area contributed by atoms with Gasteiger partial charge >= 0.3 is 12.2 Å². The van der Waals surface area contributed by atoms with Crippen LogP contribution in [0.5, 0.6) is 5.75 Å².